The van der Waals surface area contributed by atoms with Crippen molar-refractivity contribution < 1.29 is 19.1 Å². The van der Waals surface area contributed by atoms with Crippen LogP contribution < -0.4 is 0 Å². The highest BCUT2D eigenvalue weighted by Gasteiger charge is 2.37. The molecule has 0 saturated heterocycles. The van der Waals surface area contributed by atoms with Gasteiger partial charge in [-0.1, -0.05) is 60.7 Å². The molecular weight excluding hydrogens is 304 g/mol. The fourth-order valence-corrected chi connectivity index (χ4v) is 2.74. The minimum absolute atomic E-state index is 0.0755. The maximum absolute atomic E-state index is 12.9. The number of hydrogen-bond acceptors (Lipinski definition) is 4. The maximum atomic E-state index is 12.9. The van der Waals surface area contributed by atoms with Gasteiger partial charge < -0.3 is 9.53 Å². The standard InChI is InChI=1S/C20H20O4/c1-2-24-20(23)18(19(22)16-11-7-4-8-12-16)17(13-14-21)15-9-5-3-6-10-15/h3-12,14,17-18H,2,13H2,1H3. The summed E-state index contributed by atoms with van der Waals surface area (Å²) in [7, 11) is 0. The molecule has 4 nitrogen and oxygen atoms in total. The number of hydrogen-bond donors (Lipinski definition) is 0. The average Bonchev–Trinajstić information content (AvgIpc) is 2.63. The van der Waals surface area contributed by atoms with Gasteiger partial charge in [0.15, 0.2) is 5.78 Å². The molecule has 2 aromatic carbocycles. The third-order valence-electron chi connectivity index (χ3n) is 3.86. The molecule has 4 heteroatoms. The lowest BCUT2D eigenvalue weighted by molar-refractivity contribution is -0.146. The number of aldehydes is 1. The lowest BCUT2D eigenvalue weighted by Gasteiger charge is -2.23. The first-order chi connectivity index (χ1) is 11.7. The maximum Gasteiger partial charge on any atom is 0.317 e. The van der Waals surface area contributed by atoms with Crippen molar-refractivity contribution in [3.05, 3.63) is 71.8 Å². The highest BCUT2D eigenvalue weighted by atomic mass is 16.5. The number of rotatable bonds is 8. The van der Waals surface area contributed by atoms with Gasteiger partial charge in [0.1, 0.15) is 12.2 Å². The zero-order valence-electron chi connectivity index (χ0n) is 13.6. The summed E-state index contributed by atoms with van der Waals surface area (Å²) < 4.78 is 5.12. The second-order valence-corrected chi connectivity index (χ2v) is 5.38. The first-order valence-electron chi connectivity index (χ1n) is 7.93. The molecule has 0 radical (unpaired) electrons. The van der Waals surface area contributed by atoms with Gasteiger partial charge in [0, 0.05) is 17.9 Å². The van der Waals surface area contributed by atoms with Gasteiger partial charge in [-0.05, 0) is 12.5 Å². The molecule has 0 aliphatic rings. The number of ether oxygens (including phenoxy) is 1. The minimum atomic E-state index is -1.04. The molecule has 0 aromatic heterocycles. The van der Waals surface area contributed by atoms with E-state index in [1.807, 2.05) is 30.3 Å². The van der Waals surface area contributed by atoms with Crippen LogP contribution in [0.4, 0.5) is 0 Å². The Morgan fingerprint density at radius 3 is 2.12 bits per heavy atom. The molecule has 0 heterocycles. The summed E-state index contributed by atoms with van der Waals surface area (Å²) in [6, 6.07) is 17.7. The van der Waals surface area contributed by atoms with Crippen LogP contribution in [0.15, 0.2) is 60.7 Å². The zero-order valence-corrected chi connectivity index (χ0v) is 13.6. The number of benzene rings is 2. The van der Waals surface area contributed by atoms with Gasteiger partial charge in [-0.15, -0.1) is 0 Å². The summed E-state index contributed by atoms with van der Waals surface area (Å²) in [6.45, 7) is 1.87. The van der Waals surface area contributed by atoms with Crippen LogP contribution in [0.25, 0.3) is 0 Å². The van der Waals surface area contributed by atoms with E-state index in [-0.39, 0.29) is 18.8 Å². The van der Waals surface area contributed by atoms with E-state index < -0.39 is 17.8 Å². The van der Waals surface area contributed by atoms with Crippen molar-refractivity contribution in [1.82, 2.24) is 0 Å². The van der Waals surface area contributed by atoms with Gasteiger partial charge >= 0.3 is 5.97 Å². The molecule has 0 bridgehead atoms. The Kier molecular flexibility index (Phi) is 6.43. The predicted molar refractivity (Wildman–Crippen MR) is 90.8 cm³/mol. The Hall–Kier alpha value is -2.75. The molecule has 0 N–H and O–H groups in total. The first kappa shape index (κ1) is 17.6. The number of ketones is 1. The molecule has 124 valence electrons. The third kappa shape index (κ3) is 4.16. The molecule has 2 aromatic rings. The largest absolute Gasteiger partial charge is 0.465 e. The minimum Gasteiger partial charge on any atom is -0.465 e. The number of esters is 1. The fourth-order valence-electron chi connectivity index (χ4n) is 2.74. The molecule has 2 unspecified atom stereocenters. The molecule has 0 spiro atoms. The van der Waals surface area contributed by atoms with Crippen LogP contribution in [0.3, 0.4) is 0 Å². The Bertz CT molecular complexity index is 679. The van der Waals surface area contributed by atoms with Crippen molar-refractivity contribution in [2.45, 2.75) is 19.3 Å². The lowest BCUT2D eigenvalue weighted by atomic mass is 9.79. The molecule has 2 rings (SSSR count). The summed E-state index contributed by atoms with van der Waals surface area (Å²) in [4.78, 5) is 36.6. The van der Waals surface area contributed by atoms with E-state index in [4.69, 9.17) is 4.74 Å². The van der Waals surface area contributed by atoms with Gasteiger partial charge in [0.25, 0.3) is 0 Å². The second-order valence-electron chi connectivity index (χ2n) is 5.38. The number of Topliss-reactive ketones (excluding diaryl/α,β-unsaturated/α-hetero) is 1. The molecule has 0 saturated carbocycles. The Balaban J connectivity index is 2.45. The van der Waals surface area contributed by atoms with Gasteiger partial charge in [0.05, 0.1) is 6.61 Å². The summed E-state index contributed by atoms with van der Waals surface area (Å²) in [6.07, 6.45) is 0.814. The highest BCUT2D eigenvalue weighted by molar-refractivity contribution is 6.09. The van der Waals surface area contributed by atoms with E-state index in [9.17, 15) is 14.4 Å². The molecule has 0 aliphatic heterocycles. The lowest BCUT2D eigenvalue weighted by Crippen LogP contribution is -2.32. The van der Waals surface area contributed by atoms with Crippen LogP contribution in [-0.4, -0.2) is 24.6 Å². The van der Waals surface area contributed by atoms with E-state index in [1.165, 1.54) is 0 Å². The van der Waals surface area contributed by atoms with Crippen molar-refractivity contribution in [2.75, 3.05) is 6.61 Å². The second kappa shape index (κ2) is 8.77. The van der Waals surface area contributed by atoms with Crippen molar-refractivity contribution >= 4 is 18.0 Å². The number of carbonyl (C=O) groups is 3. The third-order valence-corrected chi connectivity index (χ3v) is 3.86. The van der Waals surface area contributed by atoms with Gasteiger partial charge in [0.2, 0.25) is 0 Å². The van der Waals surface area contributed by atoms with Crippen LogP contribution in [0.2, 0.25) is 0 Å². The molecule has 0 amide bonds. The zero-order chi connectivity index (χ0) is 17.4. The Morgan fingerprint density at radius 2 is 1.58 bits per heavy atom. The highest BCUT2D eigenvalue weighted by Crippen LogP contribution is 2.31. The van der Waals surface area contributed by atoms with Crippen molar-refractivity contribution in [3.63, 3.8) is 0 Å². The van der Waals surface area contributed by atoms with Gasteiger partial charge in [-0.3, -0.25) is 9.59 Å². The van der Waals surface area contributed by atoms with E-state index in [1.54, 1.807) is 37.3 Å². The molecule has 0 fully saturated rings. The van der Waals surface area contributed by atoms with E-state index in [0.29, 0.717) is 5.56 Å². The molecule has 0 aliphatic carbocycles. The van der Waals surface area contributed by atoms with E-state index >= 15 is 0 Å². The topological polar surface area (TPSA) is 60.4 Å². The smallest absolute Gasteiger partial charge is 0.317 e. The SMILES string of the molecule is CCOC(=O)C(C(=O)c1ccccc1)C(CC=O)c1ccccc1. The van der Waals surface area contributed by atoms with Gasteiger partial charge in [-0.25, -0.2) is 0 Å². The van der Waals surface area contributed by atoms with Crippen molar-refractivity contribution in [2.24, 2.45) is 5.92 Å². The van der Waals surface area contributed by atoms with Crippen LogP contribution in [0.5, 0.6) is 0 Å². The quantitative estimate of drug-likeness (QED) is 0.323. The molecule has 2 atom stereocenters. The van der Waals surface area contributed by atoms with Crippen LogP contribution in [0, 0.1) is 5.92 Å². The fraction of sp³-hybridized carbons (Fsp3) is 0.250. The summed E-state index contributed by atoms with van der Waals surface area (Å²) >= 11 is 0. The van der Waals surface area contributed by atoms with Crippen LogP contribution in [0.1, 0.15) is 35.2 Å². The first-order valence-corrected chi connectivity index (χ1v) is 7.93. The Morgan fingerprint density at radius 1 is 1.00 bits per heavy atom. The molecular formula is C20H20O4. The molecule has 24 heavy (non-hydrogen) atoms. The van der Waals surface area contributed by atoms with Gasteiger partial charge in [-0.2, -0.15) is 0 Å². The summed E-state index contributed by atoms with van der Waals surface area (Å²) in [5.74, 6) is -2.51. The Labute approximate surface area is 141 Å². The van der Waals surface area contributed by atoms with E-state index in [2.05, 4.69) is 0 Å². The van der Waals surface area contributed by atoms with E-state index in [0.717, 1.165) is 11.8 Å². The van der Waals surface area contributed by atoms with Crippen molar-refractivity contribution in [3.8, 4) is 0 Å². The summed E-state index contributed by atoms with van der Waals surface area (Å²) in [5, 5.41) is 0. The van der Waals surface area contributed by atoms with Crippen LogP contribution >= 0.6 is 0 Å². The van der Waals surface area contributed by atoms with Crippen molar-refractivity contribution in [1.29, 1.82) is 0 Å². The number of carbonyl (C=O) groups excluding carboxylic acids is 3. The summed E-state index contributed by atoms with van der Waals surface area (Å²) in [5.41, 5.74) is 1.20. The monoisotopic (exact) mass is 324 g/mol. The predicted octanol–water partition coefficient (Wildman–Crippen LogP) is 3.42. The normalized spacial score (nSPS) is 12.9. The average molecular weight is 324 g/mol. The van der Waals surface area contributed by atoms with Crippen LogP contribution in [-0.2, 0) is 14.3 Å².